The van der Waals surface area contributed by atoms with E-state index in [2.05, 4.69) is 15.0 Å². The van der Waals surface area contributed by atoms with Gasteiger partial charge in [0.1, 0.15) is 5.56 Å². The Bertz CT molecular complexity index is 510. The molecule has 0 bridgehead atoms. The lowest BCUT2D eigenvalue weighted by molar-refractivity contribution is -0.0788. The molecule has 0 atom stereocenters. The summed E-state index contributed by atoms with van der Waals surface area (Å²) in [6, 6.07) is 5.28. The van der Waals surface area contributed by atoms with Gasteiger partial charge in [-0.05, 0) is 19.1 Å². The van der Waals surface area contributed by atoms with Crippen LogP contribution in [-0.2, 0) is 4.94 Å². The zero-order valence-corrected chi connectivity index (χ0v) is 8.42. The van der Waals surface area contributed by atoms with Crippen LogP contribution in [0.2, 0.25) is 0 Å². The van der Waals surface area contributed by atoms with Crippen LogP contribution in [0.25, 0.3) is 5.82 Å². The van der Waals surface area contributed by atoms with Gasteiger partial charge in [0.05, 0.1) is 11.9 Å². The molecule has 2 heterocycles. The lowest BCUT2D eigenvalue weighted by Gasteiger charge is -2.02. The van der Waals surface area contributed by atoms with Crippen LogP contribution in [0.4, 0.5) is 4.53 Å². The standard InChI is InChI=1S/C10H8FN3O2/c1-7-8(10(15)16-11)6-13-14(7)9-4-2-3-5-12-9/h2-6H,1H3. The van der Waals surface area contributed by atoms with Crippen molar-refractivity contribution in [1.82, 2.24) is 14.8 Å². The fraction of sp³-hybridized carbons (Fsp3) is 0.100. The van der Waals surface area contributed by atoms with Gasteiger partial charge in [-0.25, -0.2) is 19.4 Å². The van der Waals surface area contributed by atoms with Gasteiger partial charge in [-0.2, -0.15) is 5.10 Å². The maximum absolute atomic E-state index is 11.8. The summed E-state index contributed by atoms with van der Waals surface area (Å²) in [6.45, 7) is 1.63. The maximum atomic E-state index is 11.8. The quantitative estimate of drug-likeness (QED) is 0.773. The van der Waals surface area contributed by atoms with Gasteiger partial charge in [-0.1, -0.05) is 6.07 Å². The number of carbonyl (C=O) groups excluding carboxylic acids is 1. The lowest BCUT2D eigenvalue weighted by atomic mass is 10.3. The minimum Gasteiger partial charge on any atom is -0.249 e. The highest BCUT2D eigenvalue weighted by Gasteiger charge is 2.17. The van der Waals surface area contributed by atoms with Gasteiger partial charge in [0.15, 0.2) is 5.82 Å². The van der Waals surface area contributed by atoms with E-state index in [0.717, 1.165) is 0 Å². The van der Waals surface area contributed by atoms with Gasteiger partial charge in [0.25, 0.3) is 0 Å². The second-order valence-electron chi connectivity index (χ2n) is 3.11. The number of carbonyl (C=O) groups is 1. The molecular formula is C10H8FN3O2. The van der Waals surface area contributed by atoms with E-state index < -0.39 is 5.97 Å². The Labute approximate surface area is 90.4 Å². The predicted molar refractivity (Wildman–Crippen MR) is 52.6 cm³/mol. The summed E-state index contributed by atoms with van der Waals surface area (Å²) in [5.74, 6) is -0.502. The molecule has 0 saturated heterocycles. The number of rotatable bonds is 2. The van der Waals surface area contributed by atoms with Crippen LogP contribution in [0.15, 0.2) is 30.6 Å². The molecule has 0 radical (unpaired) electrons. The summed E-state index contributed by atoms with van der Waals surface area (Å²) < 4.78 is 13.2. The summed E-state index contributed by atoms with van der Waals surface area (Å²) in [5, 5.41) is 3.94. The van der Waals surface area contributed by atoms with Crippen molar-refractivity contribution >= 4 is 5.97 Å². The molecule has 6 heteroatoms. The second-order valence-corrected chi connectivity index (χ2v) is 3.11. The molecule has 0 aliphatic carbocycles. The molecule has 0 spiro atoms. The van der Waals surface area contributed by atoms with Crippen molar-refractivity contribution < 1.29 is 14.3 Å². The molecule has 0 amide bonds. The highest BCUT2D eigenvalue weighted by molar-refractivity contribution is 5.89. The van der Waals surface area contributed by atoms with E-state index in [0.29, 0.717) is 11.5 Å². The monoisotopic (exact) mass is 221 g/mol. The molecule has 2 rings (SSSR count). The smallest absolute Gasteiger partial charge is 0.249 e. The fourth-order valence-corrected chi connectivity index (χ4v) is 1.36. The molecule has 0 aromatic carbocycles. The van der Waals surface area contributed by atoms with Gasteiger partial charge in [0.2, 0.25) is 0 Å². The van der Waals surface area contributed by atoms with Gasteiger partial charge in [0, 0.05) is 10.7 Å². The highest BCUT2D eigenvalue weighted by Crippen LogP contribution is 2.13. The van der Waals surface area contributed by atoms with E-state index in [9.17, 15) is 9.32 Å². The molecule has 0 aliphatic heterocycles. The van der Waals surface area contributed by atoms with Crippen LogP contribution >= 0.6 is 0 Å². The average molecular weight is 221 g/mol. The number of nitrogens with zero attached hydrogens (tertiary/aromatic N) is 3. The average Bonchev–Trinajstić information content (AvgIpc) is 2.71. The Morgan fingerprint density at radius 3 is 2.94 bits per heavy atom. The Morgan fingerprint density at radius 1 is 1.50 bits per heavy atom. The molecular weight excluding hydrogens is 213 g/mol. The maximum Gasteiger partial charge on any atom is 0.382 e. The van der Waals surface area contributed by atoms with E-state index in [1.807, 2.05) is 0 Å². The SMILES string of the molecule is Cc1c(C(=O)OF)cnn1-c1ccccn1. The molecule has 2 aromatic heterocycles. The van der Waals surface area contributed by atoms with Crippen LogP contribution in [0.1, 0.15) is 16.1 Å². The van der Waals surface area contributed by atoms with Crippen LogP contribution < -0.4 is 0 Å². The van der Waals surface area contributed by atoms with Crippen LogP contribution in [0.5, 0.6) is 0 Å². The lowest BCUT2D eigenvalue weighted by Crippen LogP contribution is -2.04. The molecule has 82 valence electrons. The van der Waals surface area contributed by atoms with E-state index in [-0.39, 0.29) is 5.56 Å². The second kappa shape index (κ2) is 4.09. The summed E-state index contributed by atoms with van der Waals surface area (Å²) in [7, 11) is 0. The van der Waals surface area contributed by atoms with Crippen molar-refractivity contribution in [3.63, 3.8) is 0 Å². The summed E-state index contributed by atoms with van der Waals surface area (Å²) in [6.07, 6.45) is 2.84. The van der Waals surface area contributed by atoms with Crippen molar-refractivity contribution in [2.75, 3.05) is 0 Å². The molecule has 5 nitrogen and oxygen atoms in total. The molecule has 2 aromatic rings. The minimum atomic E-state index is -1.06. The third-order valence-corrected chi connectivity index (χ3v) is 2.17. The fourth-order valence-electron chi connectivity index (χ4n) is 1.36. The van der Waals surface area contributed by atoms with Crippen LogP contribution in [0.3, 0.4) is 0 Å². The first-order chi connectivity index (χ1) is 7.74. The Hall–Kier alpha value is -2.24. The van der Waals surface area contributed by atoms with E-state index in [1.54, 1.807) is 31.3 Å². The normalized spacial score (nSPS) is 10.1. The van der Waals surface area contributed by atoms with Gasteiger partial charge < -0.3 is 0 Å². The number of pyridine rings is 1. The summed E-state index contributed by atoms with van der Waals surface area (Å²) in [4.78, 5) is 18.2. The van der Waals surface area contributed by atoms with Crippen molar-refractivity contribution in [3.8, 4) is 5.82 Å². The molecule has 0 unspecified atom stereocenters. The first kappa shape index (κ1) is 10.3. The van der Waals surface area contributed by atoms with Crippen LogP contribution in [0, 0.1) is 6.92 Å². The summed E-state index contributed by atoms with van der Waals surface area (Å²) in [5.41, 5.74) is 0.550. The number of hydrogen-bond donors (Lipinski definition) is 0. The Kier molecular flexibility index (Phi) is 2.63. The molecule has 16 heavy (non-hydrogen) atoms. The molecule has 0 fully saturated rings. The molecule has 0 N–H and O–H groups in total. The van der Waals surface area contributed by atoms with E-state index in [1.165, 1.54) is 10.9 Å². The zero-order valence-electron chi connectivity index (χ0n) is 8.42. The van der Waals surface area contributed by atoms with E-state index >= 15 is 0 Å². The Morgan fingerprint density at radius 2 is 2.31 bits per heavy atom. The zero-order chi connectivity index (χ0) is 11.5. The minimum absolute atomic E-state index is 0.0770. The third-order valence-electron chi connectivity index (χ3n) is 2.17. The first-order valence-electron chi connectivity index (χ1n) is 4.53. The summed E-state index contributed by atoms with van der Waals surface area (Å²) >= 11 is 0. The van der Waals surface area contributed by atoms with Crippen molar-refractivity contribution in [1.29, 1.82) is 0 Å². The van der Waals surface area contributed by atoms with E-state index in [4.69, 9.17) is 0 Å². The number of halogens is 1. The topological polar surface area (TPSA) is 57.0 Å². The van der Waals surface area contributed by atoms with Gasteiger partial charge >= 0.3 is 5.97 Å². The highest BCUT2D eigenvalue weighted by atomic mass is 19.3. The van der Waals surface area contributed by atoms with Crippen LogP contribution in [-0.4, -0.2) is 20.7 Å². The third kappa shape index (κ3) is 1.65. The molecule has 0 aliphatic rings. The van der Waals surface area contributed by atoms with Gasteiger partial charge in [-0.3, -0.25) is 0 Å². The van der Waals surface area contributed by atoms with Crippen molar-refractivity contribution in [2.24, 2.45) is 0 Å². The van der Waals surface area contributed by atoms with Gasteiger partial charge in [-0.15, -0.1) is 0 Å². The Balaban J connectivity index is 2.45. The van der Waals surface area contributed by atoms with Crippen molar-refractivity contribution in [2.45, 2.75) is 6.92 Å². The van der Waals surface area contributed by atoms with Crippen molar-refractivity contribution in [3.05, 3.63) is 41.9 Å². The largest absolute Gasteiger partial charge is 0.382 e. The number of aromatic nitrogens is 3. The number of hydrogen-bond acceptors (Lipinski definition) is 4. The first-order valence-corrected chi connectivity index (χ1v) is 4.53. The predicted octanol–water partition coefficient (Wildman–Crippen LogP) is 1.62. The molecule has 0 saturated carbocycles.